The molecule has 0 spiro atoms. The van der Waals surface area contributed by atoms with E-state index in [1.54, 1.807) is 72.8 Å². The van der Waals surface area contributed by atoms with E-state index in [9.17, 15) is 14.4 Å². The van der Waals surface area contributed by atoms with Gasteiger partial charge in [0, 0.05) is 34.1 Å². The molecule has 0 unspecified atom stereocenters. The van der Waals surface area contributed by atoms with Gasteiger partial charge >= 0.3 is 0 Å². The van der Waals surface area contributed by atoms with Crippen molar-refractivity contribution in [3.63, 3.8) is 0 Å². The number of rotatable bonds is 6. The zero-order valence-electron chi connectivity index (χ0n) is 16.2. The second-order valence-electron chi connectivity index (χ2n) is 7.18. The van der Waals surface area contributed by atoms with Crippen LogP contribution in [0.3, 0.4) is 0 Å². The molecule has 30 heavy (non-hydrogen) atoms. The van der Waals surface area contributed by atoms with Crippen molar-refractivity contribution >= 4 is 29.1 Å². The summed E-state index contributed by atoms with van der Waals surface area (Å²) in [6.07, 6.45) is 2.07. The van der Waals surface area contributed by atoms with E-state index in [2.05, 4.69) is 16.0 Å². The first kappa shape index (κ1) is 19.4. The largest absolute Gasteiger partial charge is 0.349 e. The Kier molecular flexibility index (Phi) is 5.57. The molecular formula is C24H21N3O3. The van der Waals surface area contributed by atoms with Gasteiger partial charge in [0.1, 0.15) is 0 Å². The van der Waals surface area contributed by atoms with Gasteiger partial charge in [0.25, 0.3) is 17.7 Å². The molecule has 6 heteroatoms. The van der Waals surface area contributed by atoms with Crippen molar-refractivity contribution in [2.45, 2.75) is 18.9 Å². The average molecular weight is 399 g/mol. The van der Waals surface area contributed by atoms with Crippen molar-refractivity contribution in [1.29, 1.82) is 0 Å². The number of hydrogen-bond donors (Lipinski definition) is 3. The highest BCUT2D eigenvalue weighted by Crippen LogP contribution is 2.20. The number of carbonyl (C=O) groups is 3. The fourth-order valence-corrected chi connectivity index (χ4v) is 2.90. The summed E-state index contributed by atoms with van der Waals surface area (Å²) >= 11 is 0. The zero-order valence-corrected chi connectivity index (χ0v) is 16.2. The Morgan fingerprint density at radius 2 is 1.00 bits per heavy atom. The third-order valence-corrected chi connectivity index (χ3v) is 4.76. The van der Waals surface area contributed by atoms with Gasteiger partial charge in [0.2, 0.25) is 0 Å². The third kappa shape index (κ3) is 4.91. The van der Waals surface area contributed by atoms with Crippen molar-refractivity contribution in [2.24, 2.45) is 0 Å². The van der Waals surface area contributed by atoms with E-state index >= 15 is 0 Å². The summed E-state index contributed by atoms with van der Waals surface area (Å²) < 4.78 is 0. The van der Waals surface area contributed by atoms with Crippen molar-refractivity contribution in [2.75, 3.05) is 10.6 Å². The molecule has 0 saturated heterocycles. The second kappa shape index (κ2) is 8.61. The Morgan fingerprint density at radius 3 is 1.47 bits per heavy atom. The van der Waals surface area contributed by atoms with E-state index < -0.39 is 0 Å². The molecule has 3 amide bonds. The molecule has 150 valence electrons. The van der Waals surface area contributed by atoms with E-state index in [0.717, 1.165) is 12.8 Å². The number of hydrogen-bond acceptors (Lipinski definition) is 3. The Morgan fingerprint density at radius 1 is 0.567 bits per heavy atom. The minimum absolute atomic E-state index is 0.0940. The molecule has 3 aromatic rings. The van der Waals surface area contributed by atoms with Crippen LogP contribution in [0.15, 0.2) is 78.9 Å². The van der Waals surface area contributed by atoms with Crippen LogP contribution in [0.2, 0.25) is 0 Å². The first-order chi connectivity index (χ1) is 14.6. The van der Waals surface area contributed by atoms with Gasteiger partial charge in [-0.15, -0.1) is 0 Å². The van der Waals surface area contributed by atoms with Crippen LogP contribution in [-0.4, -0.2) is 23.8 Å². The van der Waals surface area contributed by atoms with Gasteiger partial charge in [0.05, 0.1) is 0 Å². The molecular weight excluding hydrogens is 378 g/mol. The SMILES string of the molecule is O=C(Nc1ccc(C(=O)Nc2ccc(C(=O)NC3CC3)cc2)cc1)c1ccccc1. The molecule has 6 nitrogen and oxygen atoms in total. The van der Waals surface area contributed by atoms with Gasteiger partial charge in [0.15, 0.2) is 0 Å². The van der Waals surface area contributed by atoms with Crippen molar-refractivity contribution < 1.29 is 14.4 Å². The summed E-state index contributed by atoms with van der Waals surface area (Å²) in [4.78, 5) is 36.7. The predicted octanol–water partition coefficient (Wildman–Crippen LogP) is 4.08. The first-order valence-electron chi connectivity index (χ1n) is 9.77. The van der Waals surface area contributed by atoms with Gasteiger partial charge in [-0.05, 0) is 73.5 Å². The Balaban J connectivity index is 1.34. The molecule has 0 aliphatic heterocycles. The van der Waals surface area contributed by atoms with Crippen LogP contribution in [0.25, 0.3) is 0 Å². The Hall–Kier alpha value is -3.93. The number of nitrogens with one attached hydrogen (secondary N) is 3. The van der Waals surface area contributed by atoms with Crippen LogP contribution in [-0.2, 0) is 0 Å². The fourth-order valence-electron chi connectivity index (χ4n) is 2.90. The monoisotopic (exact) mass is 399 g/mol. The van der Waals surface area contributed by atoms with E-state index in [-0.39, 0.29) is 17.7 Å². The van der Waals surface area contributed by atoms with E-state index in [1.165, 1.54) is 0 Å². The first-order valence-corrected chi connectivity index (χ1v) is 9.77. The number of carbonyl (C=O) groups excluding carboxylic acids is 3. The quantitative estimate of drug-likeness (QED) is 0.584. The molecule has 0 bridgehead atoms. The standard InChI is InChI=1S/C24H21N3O3/c28-22(16-4-2-1-3-5-16)25-19-10-6-17(7-11-19)23(29)26-20-12-8-18(9-13-20)24(30)27-21-14-15-21/h1-13,21H,14-15H2,(H,25,28)(H,26,29)(H,27,30). The summed E-state index contributed by atoms with van der Waals surface area (Å²) in [6, 6.07) is 22.7. The van der Waals surface area contributed by atoms with Crippen LogP contribution in [0.5, 0.6) is 0 Å². The second-order valence-corrected chi connectivity index (χ2v) is 7.18. The highest BCUT2D eigenvalue weighted by Gasteiger charge is 2.23. The molecule has 4 rings (SSSR count). The van der Waals surface area contributed by atoms with Crippen LogP contribution >= 0.6 is 0 Å². The van der Waals surface area contributed by atoms with Crippen molar-refractivity contribution in [1.82, 2.24) is 5.32 Å². The summed E-state index contributed by atoms with van der Waals surface area (Å²) in [5, 5.41) is 8.53. The number of amides is 3. The zero-order chi connectivity index (χ0) is 20.9. The molecule has 3 aromatic carbocycles. The van der Waals surface area contributed by atoms with E-state index in [1.807, 2.05) is 6.07 Å². The van der Waals surface area contributed by atoms with E-state index in [0.29, 0.717) is 34.1 Å². The van der Waals surface area contributed by atoms with Crippen LogP contribution in [0.4, 0.5) is 11.4 Å². The Bertz CT molecular complexity index is 1060. The summed E-state index contributed by atoms with van der Waals surface area (Å²) in [6.45, 7) is 0. The Labute approximate surface area is 174 Å². The van der Waals surface area contributed by atoms with E-state index in [4.69, 9.17) is 0 Å². The summed E-state index contributed by atoms with van der Waals surface area (Å²) in [5.74, 6) is -0.576. The van der Waals surface area contributed by atoms with Crippen LogP contribution in [0.1, 0.15) is 43.9 Å². The molecule has 0 atom stereocenters. The van der Waals surface area contributed by atoms with Gasteiger partial charge < -0.3 is 16.0 Å². The van der Waals surface area contributed by atoms with Crippen LogP contribution in [0, 0.1) is 0 Å². The highest BCUT2D eigenvalue weighted by atomic mass is 16.2. The normalized spacial score (nSPS) is 12.7. The summed E-state index contributed by atoms with van der Waals surface area (Å²) in [5.41, 5.74) is 2.80. The third-order valence-electron chi connectivity index (χ3n) is 4.76. The minimum atomic E-state index is -0.272. The van der Waals surface area contributed by atoms with Gasteiger partial charge in [-0.25, -0.2) is 0 Å². The maximum Gasteiger partial charge on any atom is 0.255 e. The number of benzene rings is 3. The highest BCUT2D eigenvalue weighted by molar-refractivity contribution is 6.06. The maximum atomic E-state index is 12.5. The lowest BCUT2D eigenvalue weighted by atomic mass is 10.1. The minimum Gasteiger partial charge on any atom is -0.349 e. The molecule has 0 radical (unpaired) electrons. The molecule has 1 aliphatic carbocycles. The molecule has 1 fully saturated rings. The maximum absolute atomic E-state index is 12.5. The fraction of sp³-hybridized carbons (Fsp3) is 0.125. The van der Waals surface area contributed by atoms with Gasteiger partial charge in [-0.1, -0.05) is 18.2 Å². The topological polar surface area (TPSA) is 87.3 Å². The molecule has 0 heterocycles. The van der Waals surface area contributed by atoms with Gasteiger partial charge in [-0.2, -0.15) is 0 Å². The molecule has 0 aromatic heterocycles. The summed E-state index contributed by atoms with van der Waals surface area (Å²) in [7, 11) is 0. The predicted molar refractivity (Wildman–Crippen MR) is 116 cm³/mol. The smallest absolute Gasteiger partial charge is 0.255 e. The van der Waals surface area contributed by atoms with Crippen LogP contribution < -0.4 is 16.0 Å². The lowest BCUT2D eigenvalue weighted by Crippen LogP contribution is -2.25. The lowest BCUT2D eigenvalue weighted by Gasteiger charge is -2.09. The van der Waals surface area contributed by atoms with Crippen molar-refractivity contribution in [3.05, 3.63) is 95.6 Å². The van der Waals surface area contributed by atoms with Crippen molar-refractivity contribution in [3.8, 4) is 0 Å². The van der Waals surface area contributed by atoms with Gasteiger partial charge in [-0.3, -0.25) is 14.4 Å². The number of anilines is 2. The molecule has 1 saturated carbocycles. The molecule has 1 aliphatic rings. The average Bonchev–Trinajstić information content (AvgIpc) is 3.59. The molecule has 3 N–H and O–H groups in total. The lowest BCUT2D eigenvalue weighted by molar-refractivity contribution is 0.0949.